The zero-order valence-corrected chi connectivity index (χ0v) is 19.0. The number of ketones is 1. The largest absolute Gasteiger partial charge is 0.379 e. The molecule has 0 bridgehead atoms. The molecule has 2 aliphatic rings. The van der Waals surface area contributed by atoms with Crippen molar-refractivity contribution in [2.24, 2.45) is 0 Å². The van der Waals surface area contributed by atoms with Crippen LogP contribution in [0.15, 0.2) is 42.0 Å². The number of rotatable bonds is 6. The number of morpholine rings is 1. The quantitative estimate of drug-likeness (QED) is 0.510. The summed E-state index contributed by atoms with van der Waals surface area (Å²) in [6.07, 6.45) is 1.90. The van der Waals surface area contributed by atoms with Crippen molar-refractivity contribution in [3.63, 3.8) is 0 Å². The summed E-state index contributed by atoms with van der Waals surface area (Å²) in [6.45, 7) is 8.76. The van der Waals surface area contributed by atoms with Crippen LogP contribution < -0.4 is 0 Å². The molecular weight excluding hydrogens is 417 g/mol. The minimum absolute atomic E-state index is 0.0203. The highest BCUT2D eigenvalue weighted by Gasteiger charge is 2.35. The Kier molecular flexibility index (Phi) is 6.64. The van der Waals surface area contributed by atoms with Gasteiger partial charge in [-0.1, -0.05) is 60.0 Å². The van der Waals surface area contributed by atoms with Crippen molar-refractivity contribution in [3.05, 3.63) is 74.3 Å². The number of Topliss-reactive ketones (excluding diaryl/α,β-unsaturated/α-hetero) is 1. The van der Waals surface area contributed by atoms with E-state index in [2.05, 4.69) is 36.9 Å². The maximum Gasteiger partial charge on any atom is 0.175 e. The number of carbonyl (C=O) groups excluding carboxylic acids is 1. The summed E-state index contributed by atoms with van der Waals surface area (Å²) in [6, 6.07) is 11.8. The van der Waals surface area contributed by atoms with Gasteiger partial charge in [0.1, 0.15) is 0 Å². The normalized spacial score (nSPS) is 19.3. The monoisotopic (exact) mass is 443 g/mol. The van der Waals surface area contributed by atoms with Gasteiger partial charge in [0.05, 0.1) is 29.2 Å². The molecule has 2 aromatic carbocycles. The van der Waals surface area contributed by atoms with Gasteiger partial charge in [-0.25, -0.2) is 0 Å². The van der Waals surface area contributed by atoms with Crippen molar-refractivity contribution >= 4 is 34.6 Å². The van der Waals surface area contributed by atoms with Crippen LogP contribution in [-0.2, 0) is 11.2 Å². The van der Waals surface area contributed by atoms with E-state index in [1.54, 1.807) is 18.2 Å². The summed E-state index contributed by atoms with van der Waals surface area (Å²) in [5.74, 6) is -0.284. The Bertz CT molecular complexity index is 993. The molecule has 1 aliphatic heterocycles. The molecule has 1 unspecified atom stereocenters. The molecule has 1 fully saturated rings. The molecular formula is C25H27Cl2NO2. The number of allylic oxidation sites excluding steroid dienone is 1. The number of aryl methyl sites for hydroxylation is 1. The molecule has 1 heterocycles. The number of benzene rings is 2. The van der Waals surface area contributed by atoms with Gasteiger partial charge in [0.15, 0.2) is 5.78 Å². The molecule has 0 N–H and O–H groups in total. The van der Waals surface area contributed by atoms with Crippen LogP contribution in [0.3, 0.4) is 0 Å². The van der Waals surface area contributed by atoms with Crippen molar-refractivity contribution in [2.75, 3.05) is 32.8 Å². The summed E-state index contributed by atoms with van der Waals surface area (Å²) >= 11 is 12.6. The Balaban J connectivity index is 1.70. The second-order valence-electron chi connectivity index (χ2n) is 8.04. The molecule has 0 spiro atoms. The summed E-state index contributed by atoms with van der Waals surface area (Å²) in [5.41, 5.74) is 6.52. The lowest BCUT2D eigenvalue weighted by molar-refractivity contribution is 0.0390. The fourth-order valence-corrected chi connectivity index (χ4v) is 4.96. The number of hydrogen-bond donors (Lipinski definition) is 0. The Morgan fingerprint density at radius 1 is 1.17 bits per heavy atom. The lowest BCUT2D eigenvalue weighted by atomic mass is 9.88. The fourth-order valence-electron chi connectivity index (χ4n) is 4.57. The van der Waals surface area contributed by atoms with Gasteiger partial charge in [-0.05, 0) is 54.2 Å². The van der Waals surface area contributed by atoms with Crippen LogP contribution in [0.5, 0.6) is 0 Å². The van der Waals surface area contributed by atoms with Gasteiger partial charge < -0.3 is 4.74 Å². The van der Waals surface area contributed by atoms with E-state index in [0.717, 1.165) is 56.8 Å². The van der Waals surface area contributed by atoms with E-state index in [-0.39, 0.29) is 11.7 Å². The maximum atomic E-state index is 13.6. The number of ether oxygens (including phenoxy) is 1. The zero-order chi connectivity index (χ0) is 21.3. The predicted octanol–water partition coefficient (Wildman–Crippen LogP) is 6.03. The van der Waals surface area contributed by atoms with Crippen molar-refractivity contribution in [3.8, 4) is 0 Å². The smallest absolute Gasteiger partial charge is 0.175 e. The first kappa shape index (κ1) is 21.6. The summed E-state index contributed by atoms with van der Waals surface area (Å²) in [4.78, 5) is 16.0. The minimum Gasteiger partial charge on any atom is -0.379 e. The SMILES string of the molecule is CCc1ccc2c(c1)C(CCN1CCOCC1)=C(C)C2C(=O)c1cccc(Cl)c1Cl. The number of hydrogen-bond acceptors (Lipinski definition) is 3. The average molecular weight is 444 g/mol. The highest BCUT2D eigenvalue weighted by atomic mass is 35.5. The first-order valence-corrected chi connectivity index (χ1v) is 11.4. The van der Waals surface area contributed by atoms with E-state index in [0.29, 0.717) is 15.6 Å². The van der Waals surface area contributed by atoms with Crippen molar-refractivity contribution in [1.29, 1.82) is 0 Å². The zero-order valence-electron chi connectivity index (χ0n) is 17.5. The Morgan fingerprint density at radius 3 is 2.67 bits per heavy atom. The molecule has 1 atom stereocenters. The standard InChI is InChI=1S/C25H27Cl2NO2/c1-3-17-7-8-19-21(15-17)18(9-10-28-11-13-30-14-12-28)16(2)23(19)25(29)20-5-4-6-22(26)24(20)27/h4-8,15,23H,3,9-14H2,1-2H3. The van der Waals surface area contributed by atoms with Gasteiger partial charge in [-0.2, -0.15) is 0 Å². The van der Waals surface area contributed by atoms with Gasteiger partial charge >= 0.3 is 0 Å². The van der Waals surface area contributed by atoms with Gasteiger partial charge in [0, 0.05) is 25.2 Å². The summed E-state index contributed by atoms with van der Waals surface area (Å²) in [5, 5.41) is 0.752. The van der Waals surface area contributed by atoms with E-state index in [4.69, 9.17) is 27.9 Å². The van der Waals surface area contributed by atoms with E-state index < -0.39 is 0 Å². The number of halogens is 2. The minimum atomic E-state index is -0.304. The van der Waals surface area contributed by atoms with Crippen molar-refractivity contribution in [2.45, 2.75) is 32.6 Å². The molecule has 0 saturated carbocycles. The van der Waals surface area contributed by atoms with E-state index in [1.165, 1.54) is 16.7 Å². The predicted molar refractivity (Wildman–Crippen MR) is 124 cm³/mol. The molecule has 158 valence electrons. The van der Waals surface area contributed by atoms with Crippen LogP contribution in [-0.4, -0.2) is 43.5 Å². The molecule has 0 amide bonds. The highest BCUT2D eigenvalue weighted by Crippen LogP contribution is 2.46. The average Bonchev–Trinajstić information content (AvgIpc) is 3.04. The highest BCUT2D eigenvalue weighted by molar-refractivity contribution is 6.44. The Labute approximate surface area is 188 Å². The molecule has 30 heavy (non-hydrogen) atoms. The van der Waals surface area contributed by atoms with Crippen LogP contribution in [0.2, 0.25) is 10.0 Å². The van der Waals surface area contributed by atoms with Crippen LogP contribution in [0, 0.1) is 0 Å². The Hall–Kier alpha value is -1.65. The topological polar surface area (TPSA) is 29.5 Å². The number of carbonyl (C=O) groups is 1. The van der Waals surface area contributed by atoms with E-state index >= 15 is 0 Å². The molecule has 2 aromatic rings. The summed E-state index contributed by atoms with van der Waals surface area (Å²) < 4.78 is 5.48. The first-order valence-electron chi connectivity index (χ1n) is 10.6. The molecule has 1 saturated heterocycles. The van der Waals surface area contributed by atoms with Gasteiger partial charge in [-0.3, -0.25) is 9.69 Å². The third kappa shape index (κ3) is 4.09. The van der Waals surface area contributed by atoms with Crippen LogP contribution >= 0.6 is 23.2 Å². The van der Waals surface area contributed by atoms with Gasteiger partial charge in [0.25, 0.3) is 0 Å². The number of fused-ring (bicyclic) bond motifs is 1. The second-order valence-corrected chi connectivity index (χ2v) is 8.82. The lowest BCUT2D eigenvalue weighted by Crippen LogP contribution is -2.36. The van der Waals surface area contributed by atoms with E-state index in [9.17, 15) is 4.79 Å². The lowest BCUT2D eigenvalue weighted by Gasteiger charge is -2.27. The Morgan fingerprint density at radius 2 is 1.93 bits per heavy atom. The van der Waals surface area contributed by atoms with Crippen LogP contribution in [0.4, 0.5) is 0 Å². The molecule has 1 aliphatic carbocycles. The molecule has 5 heteroatoms. The molecule has 4 rings (SSSR count). The van der Waals surface area contributed by atoms with E-state index in [1.807, 2.05) is 0 Å². The second kappa shape index (κ2) is 9.23. The van der Waals surface area contributed by atoms with Gasteiger partial charge in [-0.15, -0.1) is 0 Å². The fraction of sp³-hybridized carbons (Fsp3) is 0.400. The van der Waals surface area contributed by atoms with Crippen LogP contribution in [0.1, 0.15) is 53.2 Å². The van der Waals surface area contributed by atoms with Crippen molar-refractivity contribution < 1.29 is 9.53 Å². The molecule has 0 radical (unpaired) electrons. The number of nitrogens with zero attached hydrogens (tertiary/aromatic N) is 1. The third-order valence-corrected chi connectivity index (χ3v) is 7.15. The summed E-state index contributed by atoms with van der Waals surface area (Å²) in [7, 11) is 0. The maximum absolute atomic E-state index is 13.6. The van der Waals surface area contributed by atoms with Crippen molar-refractivity contribution in [1.82, 2.24) is 4.90 Å². The molecule has 3 nitrogen and oxygen atoms in total. The van der Waals surface area contributed by atoms with Gasteiger partial charge in [0.2, 0.25) is 0 Å². The molecule has 0 aromatic heterocycles. The van der Waals surface area contributed by atoms with Crippen LogP contribution in [0.25, 0.3) is 5.57 Å². The third-order valence-electron chi connectivity index (χ3n) is 6.33. The first-order chi connectivity index (χ1) is 14.5.